The van der Waals surface area contributed by atoms with Gasteiger partial charge in [-0.05, 0) is 44.9 Å². The third-order valence-corrected chi connectivity index (χ3v) is 4.83. The summed E-state index contributed by atoms with van der Waals surface area (Å²) in [4.78, 5) is 19.8. The molecule has 8 heteroatoms. The number of amides is 1. The lowest BCUT2D eigenvalue weighted by molar-refractivity contribution is 0.0488. The van der Waals surface area contributed by atoms with E-state index in [2.05, 4.69) is 15.3 Å². The monoisotopic (exact) mass is 452 g/mol. The van der Waals surface area contributed by atoms with Crippen LogP contribution in [-0.4, -0.2) is 34.3 Å². The quantitative estimate of drug-likeness (QED) is 0.476. The largest absolute Gasteiger partial charge is 0.489 e. The fraction of sp³-hybridized carbons (Fsp3) is 0.292. The number of carbonyl (C=O) groups is 1. The number of alkyl carbamates (subject to hydrolysis) is 1. The number of carbonyl (C=O) groups excluding carboxylic acids is 1. The summed E-state index contributed by atoms with van der Waals surface area (Å²) in [5.74, 6) is 0.416. The smallest absolute Gasteiger partial charge is 0.408 e. The molecule has 1 atom stereocenters. The van der Waals surface area contributed by atoms with Crippen LogP contribution in [0.1, 0.15) is 31.9 Å². The van der Waals surface area contributed by atoms with Crippen LogP contribution in [0.3, 0.4) is 0 Å². The molecular formula is C24H25ClN4O3. The minimum absolute atomic E-state index is 0.147. The van der Waals surface area contributed by atoms with Gasteiger partial charge < -0.3 is 19.8 Å². The maximum absolute atomic E-state index is 12.5. The van der Waals surface area contributed by atoms with Crippen LogP contribution in [0, 0.1) is 11.3 Å². The summed E-state index contributed by atoms with van der Waals surface area (Å²) in [5, 5.41) is 13.2. The number of pyridine rings is 1. The number of nitrogens with zero attached hydrogens (tertiary/aromatic N) is 2. The van der Waals surface area contributed by atoms with Crippen molar-refractivity contribution in [2.24, 2.45) is 0 Å². The SMILES string of the molecule is CC(C)(C)OC(=O)NC(COc1cncc(Cl)c1C=CC#N)Cc1c[nH]c2ccccc12. The van der Waals surface area contributed by atoms with E-state index in [0.717, 1.165) is 16.5 Å². The Morgan fingerprint density at radius 1 is 1.34 bits per heavy atom. The second-order valence-electron chi connectivity index (χ2n) is 8.21. The van der Waals surface area contributed by atoms with Crippen molar-refractivity contribution in [1.82, 2.24) is 15.3 Å². The molecule has 3 rings (SSSR count). The fourth-order valence-corrected chi connectivity index (χ4v) is 3.42. The number of ether oxygens (including phenoxy) is 2. The molecule has 32 heavy (non-hydrogen) atoms. The molecule has 0 aliphatic heterocycles. The van der Waals surface area contributed by atoms with Crippen LogP contribution in [0.5, 0.6) is 5.75 Å². The predicted octanol–water partition coefficient (Wildman–Crippen LogP) is 5.27. The summed E-state index contributed by atoms with van der Waals surface area (Å²) in [6, 6.07) is 9.50. The minimum atomic E-state index is -0.623. The summed E-state index contributed by atoms with van der Waals surface area (Å²) >= 11 is 6.22. The molecule has 0 spiro atoms. The van der Waals surface area contributed by atoms with Gasteiger partial charge in [-0.25, -0.2) is 4.79 Å². The number of hydrogen-bond acceptors (Lipinski definition) is 5. The van der Waals surface area contributed by atoms with E-state index in [1.165, 1.54) is 18.5 Å². The third kappa shape index (κ3) is 6.25. The molecule has 166 valence electrons. The van der Waals surface area contributed by atoms with Crippen molar-refractivity contribution >= 4 is 34.7 Å². The van der Waals surface area contributed by atoms with E-state index in [-0.39, 0.29) is 6.61 Å². The summed E-state index contributed by atoms with van der Waals surface area (Å²) in [7, 11) is 0. The number of benzene rings is 1. The van der Waals surface area contributed by atoms with E-state index < -0.39 is 17.7 Å². The van der Waals surface area contributed by atoms with Gasteiger partial charge in [0.2, 0.25) is 0 Å². The zero-order valence-corrected chi connectivity index (χ0v) is 18.9. The first-order valence-corrected chi connectivity index (χ1v) is 10.5. The first-order valence-electron chi connectivity index (χ1n) is 10.1. The Labute approximate surface area is 192 Å². The highest BCUT2D eigenvalue weighted by Gasteiger charge is 2.22. The average molecular weight is 453 g/mol. The van der Waals surface area contributed by atoms with Crippen molar-refractivity contribution in [3.8, 4) is 11.8 Å². The molecule has 0 saturated carbocycles. The first kappa shape index (κ1) is 23.2. The van der Waals surface area contributed by atoms with Gasteiger partial charge in [-0.15, -0.1) is 0 Å². The predicted molar refractivity (Wildman–Crippen MR) is 125 cm³/mol. The Morgan fingerprint density at radius 3 is 2.88 bits per heavy atom. The van der Waals surface area contributed by atoms with Crippen LogP contribution in [-0.2, 0) is 11.2 Å². The third-order valence-electron chi connectivity index (χ3n) is 4.53. The Hall–Kier alpha value is -3.50. The van der Waals surface area contributed by atoms with Gasteiger partial charge in [-0.1, -0.05) is 29.8 Å². The molecule has 0 fully saturated rings. The number of nitriles is 1. The molecule has 1 unspecified atom stereocenters. The van der Waals surface area contributed by atoms with Crippen molar-refractivity contribution in [2.75, 3.05) is 6.61 Å². The van der Waals surface area contributed by atoms with Gasteiger partial charge in [0, 0.05) is 34.9 Å². The molecule has 0 bridgehead atoms. The molecule has 2 N–H and O–H groups in total. The zero-order chi connectivity index (χ0) is 23.1. The average Bonchev–Trinajstić information content (AvgIpc) is 3.13. The van der Waals surface area contributed by atoms with Crippen LogP contribution in [0.4, 0.5) is 4.79 Å². The van der Waals surface area contributed by atoms with Crippen LogP contribution >= 0.6 is 11.6 Å². The zero-order valence-electron chi connectivity index (χ0n) is 18.2. The summed E-state index contributed by atoms with van der Waals surface area (Å²) < 4.78 is 11.4. The van der Waals surface area contributed by atoms with Gasteiger partial charge in [0.05, 0.1) is 23.3 Å². The van der Waals surface area contributed by atoms with Crippen molar-refractivity contribution in [2.45, 2.75) is 38.8 Å². The number of H-pyrrole nitrogens is 1. The standard InChI is InChI=1S/C24H25ClN4O3/c1-24(2,3)32-23(30)29-17(11-16-12-28-21-9-5-4-7-18(16)21)15-31-22-14-27-13-20(25)19(22)8-6-10-26/h4-9,12-14,17,28H,11,15H2,1-3H3,(H,29,30). The van der Waals surface area contributed by atoms with Crippen LogP contribution < -0.4 is 10.1 Å². The number of nitrogens with one attached hydrogen (secondary N) is 2. The van der Waals surface area contributed by atoms with Gasteiger partial charge in [-0.3, -0.25) is 4.98 Å². The van der Waals surface area contributed by atoms with Gasteiger partial charge in [0.15, 0.2) is 0 Å². The highest BCUT2D eigenvalue weighted by Crippen LogP contribution is 2.27. The summed E-state index contributed by atoms with van der Waals surface area (Å²) in [6.07, 6.45) is 7.80. The Bertz CT molecular complexity index is 1160. The maximum Gasteiger partial charge on any atom is 0.408 e. The van der Waals surface area contributed by atoms with E-state index in [9.17, 15) is 4.79 Å². The Morgan fingerprint density at radius 2 is 2.12 bits per heavy atom. The lowest BCUT2D eigenvalue weighted by atomic mass is 10.1. The highest BCUT2D eigenvalue weighted by molar-refractivity contribution is 6.32. The molecule has 0 saturated heterocycles. The molecule has 3 aromatic rings. The molecule has 1 amide bonds. The molecular weight excluding hydrogens is 428 g/mol. The van der Waals surface area contributed by atoms with Crippen molar-refractivity contribution in [3.05, 3.63) is 65.1 Å². The number of halogens is 1. The van der Waals surface area contributed by atoms with Gasteiger partial charge in [0.25, 0.3) is 0 Å². The Balaban J connectivity index is 1.81. The van der Waals surface area contributed by atoms with Crippen molar-refractivity contribution in [1.29, 1.82) is 5.26 Å². The number of aromatic amines is 1. The van der Waals surface area contributed by atoms with Crippen LogP contribution in [0.25, 0.3) is 17.0 Å². The van der Waals surface area contributed by atoms with Crippen molar-refractivity contribution in [3.63, 3.8) is 0 Å². The number of hydrogen-bond donors (Lipinski definition) is 2. The van der Waals surface area contributed by atoms with Crippen molar-refractivity contribution < 1.29 is 14.3 Å². The summed E-state index contributed by atoms with van der Waals surface area (Å²) in [6.45, 7) is 5.57. The number of para-hydroxylation sites is 1. The first-order chi connectivity index (χ1) is 15.3. The highest BCUT2D eigenvalue weighted by atomic mass is 35.5. The normalized spacial score (nSPS) is 12.5. The number of fused-ring (bicyclic) bond motifs is 1. The molecule has 7 nitrogen and oxygen atoms in total. The van der Waals surface area contributed by atoms with Crippen LogP contribution in [0.2, 0.25) is 5.02 Å². The summed E-state index contributed by atoms with van der Waals surface area (Å²) in [5.41, 5.74) is 1.98. The molecule has 0 aliphatic carbocycles. The number of rotatable bonds is 7. The van der Waals surface area contributed by atoms with Gasteiger partial charge >= 0.3 is 6.09 Å². The Kier molecular flexibility index (Phi) is 7.39. The fourth-order valence-electron chi connectivity index (χ4n) is 3.21. The molecule has 0 radical (unpaired) electrons. The second kappa shape index (κ2) is 10.2. The van der Waals surface area contributed by atoms with Gasteiger partial charge in [-0.2, -0.15) is 5.26 Å². The van der Waals surface area contributed by atoms with E-state index in [1.807, 2.05) is 57.3 Å². The lowest BCUT2D eigenvalue weighted by Crippen LogP contribution is -2.43. The maximum atomic E-state index is 12.5. The van der Waals surface area contributed by atoms with E-state index in [1.54, 1.807) is 6.08 Å². The van der Waals surface area contributed by atoms with E-state index in [4.69, 9.17) is 26.3 Å². The molecule has 2 heterocycles. The number of allylic oxidation sites excluding steroid dienone is 1. The van der Waals surface area contributed by atoms with E-state index >= 15 is 0 Å². The second-order valence-corrected chi connectivity index (χ2v) is 8.62. The van der Waals surface area contributed by atoms with Crippen LogP contribution in [0.15, 0.2) is 48.9 Å². The lowest BCUT2D eigenvalue weighted by Gasteiger charge is -2.24. The van der Waals surface area contributed by atoms with E-state index in [0.29, 0.717) is 22.8 Å². The molecule has 1 aromatic carbocycles. The molecule has 0 aliphatic rings. The topological polar surface area (TPSA) is 100 Å². The van der Waals surface area contributed by atoms with Gasteiger partial charge in [0.1, 0.15) is 18.0 Å². The minimum Gasteiger partial charge on any atom is -0.489 e. The molecule has 2 aromatic heterocycles. The number of aromatic nitrogens is 2.